The third-order valence-corrected chi connectivity index (χ3v) is 5.51. The summed E-state index contributed by atoms with van der Waals surface area (Å²) in [6, 6.07) is 13.3. The minimum absolute atomic E-state index is 0.224. The molecule has 0 spiro atoms. The van der Waals surface area contributed by atoms with Crippen LogP contribution >= 0.6 is 0 Å². The molecule has 0 saturated carbocycles. The van der Waals surface area contributed by atoms with E-state index in [1.807, 2.05) is 12.3 Å². The fourth-order valence-corrected chi connectivity index (χ4v) is 3.94. The van der Waals surface area contributed by atoms with E-state index in [4.69, 9.17) is 9.73 Å². The number of ether oxygens (including phenoxy) is 1. The zero-order valence-corrected chi connectivity index (χ0v) is 18.0. The van der Waals surface area contributed by atoms with E-state index in [2.05, 4.69) is 51.7 Å². The number of H-pyrrole nitrogens is 1. The number of aromatic amines is 1. The maximum absolute atomic E-state index is 13.4. The third kappa shape index (κ3) is 5.35. The van der Waals surface area contributed by atoms with E-state index in [-0.39, 0.29) is 5.82 Å². The molecule has 1 aliphatic rings. The first-order valence-electron chi connectivity index (χ1n) is 10.9. The van der Waals surface area contributed by atoms with Gasteiger partial charge in [-0.2, -0.15) is 0 Å². The number of fused-ring (bicyclic) bond motifs is 1. The second kappa shape index (κ2) is 10.3. The largest absolute Gasteiger partial charge is 0.378 e. The van der Waals surface area contributed by atoms with Gasteiger partial charge in [-0.25, -0.2) is 9.38 Å². The number of morpholine rings is 1. The van der Waals surface area contributed by atoms with Gasteiger partial charge in [-0.15, -0.1) is 0 Å². The normalized spacial score (nSPS) is 14.8. The van der Waals surface area contributed by atoms with Gasteiger partial charge in [-0.1, -0.05) is 18.2 Å². The Morgan fingerprint density at radius 3 is 2.81 bits per heavy atom. The van der Waals surface area contributed by atoms with Gasteiger partial charge in [0.1, 0.15) is 5.82 Å². The average molecular weight is 424 g/mol. The number of halogens is 1. The number of hydrogen-bond acceptors (Lipinski definition) is 3. The van der Waals surface area contributed by atoms with E-state index < -0.39 is 0 Å². The number of para-hydroxylation sites is 1. The lowest BCUT2D eigenvalue weighted by Crippen LogP contribution is -2.38. The molecule has 4 rings (SSSR count). The Morgan fingerprint density at radius 1 is 1.13 bits per heavy atom. The van der Waals surface area contributed by atoms with E-state index in [1.54, 1.807) is 0 Å². The molecule has 0 bridgehead atoms. The highest BCUT2D eigenvalue weighted by atomic mass is 19.1. The Hall–Kier alpha value is -3.06. The van der Waals surface area contributed by atoms with Crippen LogP contribution in [0.3, 0.4) is 0 Å². The number of aliphatic imine (C=N–C) groups is 1. The van der Waals surface area contributed by atoms with Gasteiger partial charge < -0.3 is 25.3 Å². The van der Waals surface area contributed by atoms with E-state index in [1.165, 1.54) is 23.4 Å². The summed E-state index contributed by atoms with van der Waals surface area (Å²) < 4.78 is 18.9. The van der Waals surface area contributed by atoms with Crippen LogP contribution in [0.15, 0.2) is 53.7 Å². The first kappa shape index (κ1) is 21.2. The van der Waals surface area contributed by atoms with Crippen LogP contribution in [0.5, 0.6) is 0 Å². The minimum atomic E-state index is -0.224. The summed E-state index contributed by atoms with van der Waals surface area (Å²) in [4.78, 5) is 10.3. The zero-order chi connectivity index (χ0) is 21.5. The molecule has 6 nitrogen and oxygen atoms in total. The molecule has 0 atom stereocenters. The van der Waals surface area contributed by atoms with Crippen LogP contribution < -0.4 is 15.5 Å². The van der Waals surface area contributed by atoms with Gasteiger partial charge in [0.15, 0.2) is 5.96 Å². The molecule has 0 amide bonds. The number of hydrogen-bond donors (Lipinski definition) is 3. The fourth-order valence-electron chi connectivity index (χ4n) is 3.94. The summed E-state index contributed by atoms with van der Waals surface area (Å²) >= 11 is 0. The van der Waals surface area contributed by atoms with Crippen molar-refractivity contribution in [2.75, 3.05) is 44.3 Å². The van der Waals surface area contributed by atoms with Gasteiger partial charge in [0.05, 0.1) is 19.8 Å². The SMILES string of the molecule is CCNC(=NCc1ccccc1N1CCOCC1)NCCc1c[nH]c2cc(F)ccc12. The first-order chi connectivity index (χ1) is 15.2. The molecule has 1 aliphatic heterocycles. The van der Waals surface area contributed by atoms with E-state index in [0.717, 1.165) is 68.2 Å². The van der Waals surface area contributed by atoms with Crippen molar-refractivity contribution in [2.45, 2.75) is 19.9 Å². The lowest BCUT2D eigenvalue weighted by molar-refractivity contribution is 0.122. The van der Waals surface area contributed by atoms with Crippen molar-refractivity contribution in [1.29, 1.82) is 0 Å². The van der Waals surface area contributed by atoms with Crippen molar-refractivity contribution in [3.05, 3.63) is 65.6 Å². The van der Waals surface area contributed by atoms with E-state index in [9.17, 15) is 4.39 Å². The second-order valence-electron chi connectivity index (χ2n) is 7.60. The lowest BCUT2D eigenvalue weighted by Gasteiger charge is -2.30. The van der Waals surface area contributed by atoms with E-state index >= 15 is 0 Å². The minimum Gasteiger partial charge on any atom is -0.378 e. The summed E-state index contributed by atoms with van der Waals surface area (Å²) in [6.45, 7) is 7.55. The molecule has 2 aromatic carbocycles. The maximum atomic E-state index is 13.4. The predicted octanol–water partition coefficient (Wildman–Crippen LogP) is 3.44. The highest BCUT2D eigenvalue weighted by molar-refractivity contribution is 5.83. The Bertz CT molecular complexity index is 1030. The Kier molecular flexibility index (Phi) is 7.04. The molecule has 7 heteroatoms. The van der Waals surface area contributed by atoms with Crippen molar-refractivity contribution < 1.29 is 9.13 Å². The quantitative estimate of drug-likeness (QED) is 0.402. The molecule has 3 aromatic rings. The predicted molar refractivity (Wildman–Crippen MR) is 124 cm³/mol. The number of nitrogens with zero attached hydrogens (tertiary/aromatic N) is 2. The number of nitrogens with one attached hydrogen (secondary N) is 3. The average Bonchev–Trinajstić information content (AvgIpc) is 3.20. The smallest absolute Gasteiger partial charge is 0.191 e. The van der Waals surface area contributed by atoms with Gasteiger partial charge in [0.2, 0.25) is 0 Å². The monoisotopic (exact) mass is 423 g/mol. The number of aromatic nitrogens is 1. The Labute approximate surface area is 182 Å². The lowest BCUT2D eigenvalue weighted by atomic mass is 10.1. The molecule has 2 heterocycles. The van der Waals surface area contributed by atoms with Crippen LogP contribution in [-0.2, 0) is 17.7 Å². The number of anilines is 1. The molecule has 31 heavy (non-hydrogen) atoms. The highest BCUT2D eigenvalue weighted by Gasteiger charge is 2.14. The molecule has 164 valence electrons. The van der Waals surface area contributed by atoms with Crippen molar-refractivity contribution in [2.24, 2.45) is 4.99 Å². The van der Waals surface area contributed by atoms with Crippen LogP contribution in [-0.4, -0.2) is 50.3 Å². The summed E-state index contributed by atoms with van der Waals surface area (Å²) in [5, 5.41) is 7.81. The first-order valence-corrected chi connectivity index (χ1v) is 10.9. The molecular formula is C24H30FN5O. The molecule has 0 radical (unpaired) electrons. The molecule has 1 aromatic heterocycles. The Morgan fingerprint density at radius 2 is 1.97 bits per heavy atom. The molecular weight excluding hydrogens is 393 g/mol. The van der Waals surface area contributed by atoms with Crippen LogP contribution in [0.1, 0.15) is 18.1 Å². The van der Waals surface area contributed by atoms with Crippen molar-refractivity contribution in [1.82, 2.24) is 15.6 Å². The van der Waals surface area contributed by atoms with Gasteiger partial charge in [0.25, 0.3) is 0 Å². The van der Waals surface area contributed by atoms with Gasteiger partial charge >= 0.3 is 0 Å². The third-order valence-electron chi connectivity index (χ3n) is 5.51. The summed E-state index contributed by atoms with van der Waals surface area (Å²) in [7, 11) is 0. The molecule has 1 fully saturated rings. The van der Waals surface area contributed by atoms with Crippen molar-refractivity contribution in [3.8, 4) is 0 Å². The molecule has 1 saturated heterocycles. The van der Waals surface area contributed by atoms with Gasteiger partial charge in [-0.3, -0.25) is 0 Å². The van der Waals surface area contributed by atoms with Gasteiger partial charge in [0, 0.05) is 49.0 Å². The Balaban J connectivity index is 1.39. The van der Waals surface area contributed by atoms with Crippen molar-refractivity contribution in [3.63, 3.8) is 0 Å². The van der Waals surface area contributed by atoms with Crippen molar-refractivity contribution >= 4 is 22.5 Å². The molecule has 0 unspecified atom stereocenters. The zero-order valence-electron chi connectivity index (χ0n) is 18.0. The number of rotatable bonds is 7. The molecule has 0 aliphatic carbocycles. The van der Waals surface area contributed by atoms with Crippen LogP contribution in [0.4, 0.5) is 10.1 Å². The number of guanidine groups is 1. The van der Waals surface area contributed by atoms with Crippen LogP contribution in [0.25, 0.3) is 10.9 Å². The highest BCUT2D eigenvalue weighted by Crippen LogP contribution is 2.22. The fraction of sp³-hybridized carbons (Fsp3) is 0.375. The van der Waals surface area contributed by atoms with Crippen LogP contribution in [0.2, 0.25) is 0 Å². The summed E-state index contributed by atoms with van der Waals surface area (Å²) in [5.41, 5.74) is 4.43. The number of benzene rings is 2. The standard InChI is InChI=1S/C24H30FN5O/c1-2-26-24(27-10-9-18-16-28-22-15-20(25)7-8-21(18)22)29-17-19-5-3-4-6-23(19)30-11-13-31-14-12-30/h3-8,15-16,28H,2,9-14,17H2,1H3,(H2,26,27,29). The van der Waals surface area contributed by atoms with Gasteiger partial charge in [-0.05, 0) is 48.7 Å². The summed E-state index contributed by atoms with van der Waals surface area (Å²) in [6.07, 6.45) is 2.77. The summed E-state index contributed by atoms with van der Waals surface area (Å²) in [5.74, 6) is 0.572. The topological polar surface area (TPSA) is 64.7 Å². The molecule has 3 N–H and O–H groups in total. The van der Waals surface area contributed by atoms with Crippen LogP contribution in [0, 0.1) is 5.82 Å². The second-order valence-corrected chi connectivity index (χ2v) is 7.60. The van der Waals surface area contributed by atoms with E-state index in [0.29, 0.717) is 6.54 Å². The maximum Gasteiger partial charge on any atom is 0.191 e.